The highest BCUT2D eigenvalue weighted by molar-refractivity contribution is 5.36. The number of pyridine rings is 1. The summed E-state index contributed by atoms with van der Waals surface area (Å²) in [6.45, 7) is 1.87. The van der Waals surface area contributed by atoms with Crippen molar-refractivity contribution in [1.82, 2.24) is 10.4 Å². The van der Waals surface area contributed by atoms with Crippen molar-refractivity contribution in [2.75, 3.05) is 0 Å². The Balaban J connectivity index is 2.32. The van der Waals surface area contributed by atoms with Gasteiger partial charge >= 0.3 is 6.36 Å². The van der Waals surface area contributed by atoms with E-state index < -0.39 is 12.4 Å². The first-order valence-corrected chi connectivity index (χ1v) is 6.12. The molecule has 1 atom stereocenters. The first-order chi connectivity index (χ1) is 9.89. The van der Waals surface area contributed by atoms with E-state index in [1.54, 1.807) is 18.5 Å². The van der Waals surface area contributed by atoms with Crippen LogP contribution in [0.2, 0.25) is 0 Å². The largest absolute Gasteiger partial charge is 0.573 e. The summed E-state index contributed by atoms with van der Waals surface area (Å²) in [6.07, 6.45) is -1.44. The number of nitrogens with zero attached hydrogens (tertiary/aromatic N) is 1. The SMILES string of the molecule is Cc1cncc(C(NN)c2cccc(OC(F)(F)F)c2)c1. The van der Waals surface area contributed by atoms with E-state index in [4.69, 9.17) is 5.84 Å². The van der Waals surface area contributed by atoms with Gasteiger partial charge in [-0.25, -0.2) is 5.43 Å². The summed E-state index contributed by atoms with van der Waals surface area (Å²) in [4.78, 5) is 4.05. The van der Waals surface area contributed by atoms with Gasteiger partial charge in [-0.1, -0.05) is 18.2 Å². The Morgan fingerprint density at radius 3 is 2.57 bits per heavy atom. The van der Waals surface area contributed by atoms with E-state index in [1.165, 1.54) is 18.2 Å². The zero-order valence-electron chi connectivity index (χ0n) is 11.2. The van der Waals surface area contributed by atoms with Crippen LogP contribution < -0.4 is 16.0 Å². The zero-order chi connectivity index (χ0) is 15.5. The Morgan fingerprint density at radius 2 is 1.95 bits per heavy atom. The number of alkyl halides is 3. The Labute approximate surface area is 119 Å². The van der Waals surface area contributed by atoms with Crippen molar-refractivity contribution in [3.8, 4) is 5.75 Å². The van der Waals surface area contributed by atoms with Crippen LogP contribution in [0.5, 0.6) is 5.75 Å². The molecule has 1 heterocycles. The molecule has 0 aliphatic carbocycles. The van der Waals surface area contributed by atoms with Crippen LogP contribution in [-0.4, -0.2) is 11.3 Å². The molecule has 21 heavy (non-hydrogen) atoms. The van der Waals surface area contributed by atoms with Crippen LogP contribution in [0.4, 0.5) is 13.2 Å². The van der Waals surface area contributed by atoms with Crippen LogP contribution in [0, 0.1) is 6.92 Å². The van der Waals surface area contributed by atoms with Gasteiger partial charge in [0.15, 0.2) is 0 Å². The number of halogens is 3. The van der Waals surface area contributed by atoms with Crippen molar-refractivity contribution < 1.29 is 17.9 Å². The van der Waals surface area contributed by atoms with Gasteiger partial charge in [-0.15, -0.1) is 13.2 Å². The third-order valence-electron chi connectivity index (χ3n) is 2.82. The number of nitrogens with two attached hydrogens (primary N) is 1. The van der Waals surface area contributed by atoms with Crippen LogP contribution in [0.1, 0.15) is 22.7 Å². The molecule has 0 saturated heterocycles. The molecule has 0 aliphatic heterocycles. The average Bonchev–Trinajstić information content (AvgIpc) is 2.38. The Bertz CT molecular complexity index is 616. The molecular weight excluding hydrogens is 283 g/mol. The molecule has 112 valence electrons. The molecule has 2 rings (SSSR count). The molecule has 0 saturated carbocycles. The summed E-state index contributed by atoms with van der Waals surface area (Å²) in [6, 6.07) is 7.04. The monoisotopic (exact) mass is 297 g/mol. The van der Waals surface area contributed by atoms with E-state index >= 15 is 0 Å². The summed E-state index contributed by atoms with van der Waals surface area (Å²) in [7, 11) is 0. The summed E-state index contributed by atoms with van der Waals surface area (Å²) in [5, 5.41) is 0. The number of aromatic nitrogens is 1. The smallest absolute Gasteiger partial charge is 0.406 e. The maximum Gasteiger partial charge on any atom is 0.573 e. The number of ether oxygens (including phenoxy) is 1. The van der Waals surface area contributed by atoms with Crippen molar-refractivity contribution >= 4 is 0 Å². The number of nitrogens with one attached hydrogen (secondary N) is 1. The third-order valence-corrected chi connectivity index (χ3v) is 2.82. The standard InChI is InChI=1S/C14H14F3N3O/c1-9-5-11(8-19-7-9)13(20-18)10-3-2-4-12(6-10)21-14(15,16)17/h2-8,13,20H,18H2,1H3. The normalized spacial score (nSPS) is 13.0. The fourth-order valence-corrected chi connectivity index (χ4v) is 2.01. The number of hydrazine groups is 1. The predicted molar refractivity (Wildman–Crippen MR) is 71.3 cm³/mol. The van der Waals surface area contributed by atoms with Crippen LogP contribution in [0.15, 0.2) is 42.7 Å². The fourth-order valence-electron chi connectivity index (χ4n) is 2.01. The second-order valence-corrected chi connectivity index (χ2v) is 4.52. The minimum Gasteiger partial charge on any atom is -0.406 e. The number of hydrogen-bond acceptors (Lipinski definition) is 4. The lowest BCUT2D eigenvalue weighted by Crippen LogP contribution is -2.29. The van der Waals surface area contributed by atoms with Crippen molar-refractivity contribution in [3.63, 3.8) is 0 Å². The highest BCUT2D eigenvalue weighted by Gasteiger charge is 2.31. The summed E-state index contributed by atoms with van der Waals surface area (Å²) >= 11 is 0. The minimum absolute atomic E-state index is 0.291. The second-order valence-electron chi connectivity index (χ2n) is 4.52. The van der Waals surface area contributed by atoms with Crippen molar-refractivity contribution in [2.24, 2.45) is 5.84 Å². The minimum atomic E-state index is -4.73. The van der Waals surface area contributed by atoms with Gasteiger partial charge in [0, 0.05) is 12.4 Å². The lowest BCUT2D eigenvalue weighted by atomic mass is 10.00. The summed E-state index contributed by atoms with van der Waals surface area (Å²) in [5.74, 6) is 5.23. The maximum atomic E-state index is 12.3. The molecule has 7 heteroatoms. The number of benzene rings is 1. The average molecular weight is 297 g/mol. The molecule has 0 spiro atoms. The van der Waals surface area contributed by atoms with Crippen molar-refractivity contribution in [3.05, 3.63) is 59.4 Å². The van der Waals surface area contributed by atoms with Gasteiger partial charge in [-0.2, -0.15) is 0 Å². The van der Waals surface area contributed by atoms with Gasteiger partial charge < -0.3 is 4.74 Å². The van der Waals surface area contributed by atoms with Gasteiger partial charge in [0.2, 0.25) is 0 Å². The Morgan fingerprint density at radius 1 is 1.19 bits per heavy atom. The molecule has 0 bridgehead atoms. The molecule has 3 N–H and O–H groups in total. The lowest BCUT2D eigenvalue weighted by Gasteiger charge is -2.18. The molecule has 0 amide bonds. The van der Waals surface area contributed by atoms with Crippen LogP contribution in [0.3, 0.4) is 0 Å². The molecule has 1 unspecified atom stereocenters. The molecule has 0 radical (unpaired) electrons. The zero-order valence-corrected chi connectivity index (χ0v) is 11.2. The Hall–Kier alpha value is -2.12. The van der Waals surface area contributed by atoms with Crippen molar-refractivity contribution in [2.45, 2.75) is 19.3 Å². The molecule has 1 aromatic heterocycles. The first kappa shape index (κ1) is 15.3. The third kappa shape index (κ3) is 4.17. The highest BCUT2D eigenvalue weighted by Crippen LogP contribution is 2.28. The van der Waals surface area contributed by atoms with E-state index in [1.807, 2.05) is 13.0 Å². The molecule has 1 aromatic carbocycles. The molecule has 0 aliphatic rings. The first-order valence-electron chi connectivity index (χ1n) is 6.12. The van der Waals surface area contributed by atoms with Crippen LogP contribution >= 0.6 is 0 Å². The van der Waals surface area contributed by atoms with Crippen molar-refractivity contribution in [1.29, 1.82) is 0 Å². The number of rotatable bonds is 4. The van der Waals surface area contributed by atoms with Gasteiger partial charge in [0.25, 0.3) is 0 Å². The van der Waals surface area contributed by atoms with E-state index in [2.05, 4.69) is 15.1 Å². The van der Waals surface area contributed by atoms with E-state index in [0.717, 1.165) is 11.1 Å². The number of hydrogen-bond donors (Lipinski definition) is 2. The van der Waals surface area contributed by atoms with E-state index in [0.29, 0.717) is 5.56 Å². The second kappa shape index (κ2) is 6.11. The van der Waals surface area contributed by atoms with Gasteiger partial charge in [-0.3, -0.25) is 10.8 Å². The van der Waals surface area contributed by atoms with Gasteiger partial charge in [-0.05, 0) is 35.7 Å². The van der Waals surface area contributed by atoms with Gasteiger partial charge in [0.1, 0.15) is 5.75 Å². The molecule has 0 fully saturated rings. The topological polar surface area (TPSA) is 60.2 Å². The fraction of sp³-hybridized carbons (Fsp3) is 0.214. The molecule has 4 nitrogen and oxygen atoms in total. The molecule has 2 aromatic rings. The maximum absolute atomic E-state index is 12.3. The van der Waals surface area contributed by atoms with Crippen LogP contribution in [-0.2, 0) is 0 Å². The Kier molecular flexibility index (Phi) is 4.44. The molecular formula is C14H14F3N3O. The van der Waals surface area contributed by atoms with E-state index in [9.17, 15) is 13.2 Å². The number of aryl methyl sites for hydroxylation is 1. The highest BCUT2D eigenvalue weighted by atomic mass is 19.4. The lowest BCUT2D eigenvalue weighted by molar-refractivity contribution is -0.274. The van der Waals surface area contributed by atoms with Crippen LogP contribution in [0.25, 0.3) is 0 Å². The summed E-state index contributed by atoms with van der Waals surface area (Å²) < 4.78 is 40.7. The summed E-state index contributed by atoms with van der Waals surface area (Å²) in [5.41, 5.74) is 4.80. The van der Waals surface area contributed by atoms with Gasteiger partial charge in [0.05, 0.1) is 6.04 Å². The predicted octanol–water partition coefficient (Wildman–Crippen LogP) is 2.84. The van der Waals surface area contributed by atoms with E-state index in [-0.39, 0.29) is 5.75 Å². The quantitative estimate of drug-likeness (QED) is 0.673.